The van der Waals surface area contributed by atoms with E-state index >= 15 is 0 Å². The van der Waals surface area contributed by atoms with Gasteiger partial charge in [0.2, 0.25) is 5.91 Å². The maximum Gasteiger partial charge on any atom is 0.308 e. The van der Waals surface area contributed by atoms with E-state index in [9.17, 15) is 14.7 Å². The molecule has 0 bridgehead atoms. The van der Waals surface area contributed by atoms with Crippen LogP contribution in [0.1, 0.15) is 36.5 Å². The number of phenolic OH excluding ortho intramolecular Hbond substituents is 1. The minimum Gasteiger partial charge on any atom is -0.508 e. The van der Waals surface area contributed by atoms with Crippen molar-refractivity contribution in [2.24, 2.45) is 0 Å². The predicted octanol–water partition coefficient (Wildman–Crippen LogP) is 4.19. The third-order valence-electron chi connectivity index (χ3n) is 5.12. The van der Waals surface area contributed by atoms with Crippen LogP contribution in [-0.4, -0.2) is 22.0 Å². The molecule has 1 aliphatic heterocycles. The zero-order chi connectivity index (χ0) is 22.0. The van der Waals surface area contributed by atoms with Crippen LogP contribution in [0, 0.1) is 0 Å². The first kappa shape index (κ1) is 21.0. The Morgan fingerprint density at radius 3 is 2.16 bits per heavy atom. The molecule has 0 unspecified atom stereocenters. The van der Waals surface area contributed by atoms with Gasteiger partial charge >= 0.3 is 5.97 Å². The maximum absolute atomic E-state index is 12.7. The Kier molecular flexibility index (Phi) is 6.03. The normalized spacial score (nSPS) is 20.5. The topological polar surface area (TPSA) is 78.9 Å². The van der Waals surface area contributed by atoms with E-state index in [1.165, 1.54) is 13.8 Å². The molecule has 1 fully saturated rings. The first-order chi connectivity index (χ1) is 15.0. The number of benzene rings is 3. The number of para-hydroxylation sites is 2. The van der Waals surface area contributed by atoms with Gasteiger partial charge in [-0.2, -0.15) is 0 Å². The lowest BCUT2D eigenvalue weighted by Gasteiger charge is -2.28. The van der Waals surface area contributed by atoms with E-state index in [1.54, 1.807) is 23.2 Å². The highest BCUT2D eigenvalue weighted by Crippen LogP contribution is 2.66. The first-order valence-corrected chi connectivity index (χ1v) is 11.4. The number of phenols is 1. The molecule has 158 valence electrons. The van der Waals surface area contributed by atoms with Crippen LogP contribution in [0.4, 0.5) is 0 Å². The number of esters is 1. The SMILES string of the molecule is CC(=O)Oc1ccccc1[C@@H]1NN(C(C)=O)[C@H](c2ccccc2O)[P@@]1c1ccccc1. The van der Waals surface area contributed by atoms with Crippen LogP contribution in [0.25, 0.3) is 0 Å². The van der Waals surface area contributed by atoms with Gasteiger partial charge in [-0.25, -0.2) is 5.43 Å². The molecule has 7 heteroatoms. The third kappa shape index (κ3) is 4.18. The van der Waals surface area contributed by atoms with Crippen molar-refractivity contribution in [3.8, 4) is 11.5 Å². The maximum atomic E-state index is 12.7. The summed E-state index contributed by atoms with van der Waals surface area (Å²) in [5.41, 5.74) is 4.82. The average molecular weight is 434 g/mol. The van der Waals surface area contributed by atoms with Crippen LogP contribution in [0.2, 0.25) is 0 Å². The van der Waals surface area contributed by atoms with Crippen molar-refractivity contribution in [1.82, 2.24) is 10.4 Å². The lowest BCUT2D eigenvalue weighted by molar-refractivity contribution is -0.133. The first-order valence-electron chi connectivity index (χ1n) is 9.92. The highest BCUT2D eigenvalue weighted by molar-refractivity contribution is 7.66. The molecule has 0 saturated carbocycles. The number of carbonyl (C=O) groups is 2. The lowest BCUT2D eigenvalue weighted by Crippen LogP contribution is -2.37. The molecular weight excluding hydrogens is 411 g/mol. The van der Waals surface area contributed by atoms with Crippen LogP contribution in [0.15, 0.2) is 78.9 Å². The largest absolute Gasteiger partial charge is 0.508 e. The van der Waals surface area contributed by atoms with Crippen molar-refractivity contribution in [3.05, 3.63) is 90.0 Å². The second kappa shape index (κ2) is 8.88. The van der Waals surface area contributed by atoms with Gasteiger partial charge in [-0.15, -0.1) is 0 Å². The van der Waals surface area contributed by atoms with Crippen LogP contribution in [0.5, 0.6) is 11.5 Å². The minimum absolute atomic E-state index is 0.137. The van der Waals surface area contributed by atoms with Crippen LogP contribution in [-0.2, 0) is 9.59 Å². The zero-order valence-electron chi connectivity index (χ0n) is 17.2. The molecule has 0 spiro atoms. The molecule has 0 aliphatic carbocycles. The summed E-state index contributed by atoms with van der Waals surface area (Å²) in [6.07, 6.45) is 0. The zero-order valence-corrected chi connectivity index (χ0v) is 18.1. The molecule has 6 nitrogen and oxygen atoms in total. The van der Waals surface area contributed by atoms with E-state index in [1.807, 2.05) is 60.7 Å². The fourth-order valence-electron chi connectivity index (χ4n) is 3.85. The van der Waals surface area contributed by atoms with E-state index in [-0.39, 0.29) is 17.4 Å². The minimum atomic E-state index is -1.11. The summed E-state index contributed by atoms with van der Waals surface area (Å²) in [6.45, 7) is 2.87. The predicted molar refractivity (Wildman–Crippen MR) is 120 cm³/mol. The van der Waals surface area contributed by atoms with E-state index in [0.29, 0.717) is 11.3 Å². The van der Waals surface area contributed by atoms with Crippen molar-refractivity contribution in [3.63, 3.8) is 0 Å². The summed E-state index contributed by atoms with van der Waals surface area (Å²) in [6, 6.07) is 24.4. The van der Waals surface area contributed by atoms with Gasteiger partial charge < -0.3 is 9.84 Å². The molecule has 0 aromatic heterocycles. The fourth-order valence-corrected chi connectivity index (χ4v) is 6.99. The summed E-state index contributed by atoms with van der Waals surface area (Å²) in [7, 11) is -1.11. The monoisotopic (exact) mass is 434 g/mol. The molecule has 1 heterocycles. The number of hydrogen-bond donors (Lipinski definition) is 2. The highest BCUT2D eigenvalue weighted by atomic mass is 31.1. The van der Waals surface area contributed by atoms with Crippen molar-refractivity contribution < 1.29 is 19.4 Å². The van der Waals surface area contributed by atoms with Gasteiger partial charge in [-0.05, 0) is 25.4 Å². The number of rotatable bonds is 4. The van der Waals surface area contributed by atoms with Gasteiger partial charge in [0.05, 0.1) is 5.78 Å². The Hall–Kier alpha value is -3.21. The van der Waals surface area contributed by atoms with Crippen LogP contribution < -0.4 is 15.5 Å². The molecule has 31 heavy (non-hydrogen) atoms. The number of nitrogens with zero attached hydrogens (tertiary/aromatic N) is 1. The van der Waals surface area contributed by atoms with Gasteiger partial charge in [0, 0.05) is 25.0 Å². The number of amides is 1. The lowest BCUT2D eigenvalue weighted by atomic mass is 10.2. The second-order valence-electron chi connectivity index (χ2n) is 7.23. The number of nitrogens with one attached hydrogen (secondary N) is 1. The number of ether oxygens (including phenoxy) is 1. The number of hydrogen-bond acceptors (Lipinski definition) is 5. The van der Waals surface area contributed by atoms with Gasteiger partial charge in [-0.1, -0.05) is 66.7 Å². The molecule has 3 aromatic carbocycles. The van der Waals surface area contributed by atoms with E-state index in [0.717, 1.165) is 10.9 Å². The number of aromatic hydroxyl groups is 1. The molecule has 1 aliphatic rings. The molecular formula is C24H23N2O4P. The van der Waals surface area contributed by atoms with E-state index in [2.05, 4.69) is 5.43 Å². The third-order valence-corrected chi connectivity index (χ3v) is 8.00. The summed E-state index contributed by atoms with van der Waals surface area (Å²) < 4.78 is 5.48. The van der Waals surface area contributed by atoms with Crippen LogP contribution in [0.3, 0.4) is 0 Å². The van der Waals surface area contributed by atoms with Gasteiger partial charge in [-0.3, -0.25) is 14.6 Å². The van der Waals surface area contributed by atoms with Crippen molar-refractivity contribution in [2.75, 3.05) is 0 Å². The van der Waals surface area contributed by atoms with E-state index < -0.39 is 19.7 Å². The Balaban J connectivity index is 1.91. The van der Waals surface area contributed by atoms with E-state index in [4.69, 9.17) is 4.74 Å². The van der Waals surface area contributed by atoms with Gasteiger partial charge in [0.15, 0.2) is 0 Å². The summed E-state index contributed by atoms with van der Waals surface area (Å²) in [5.74, 6) is -0.678. The fraction of sp³-hybridized carbons (Fsp3) is 0.167. The standard InChI is InChI=1S/C24H23N2O4P/c1-16(27)26-24(19-12-6-8-14-21(19)29)31(18-10-4-3-5-11-18)23(25-26)20-13-7-9-15-22(20)30-17(2)28/h3-15,23-25,29H,1-2H3/t23-,24+,31+/m1/s1. The number of carbonyl (C=O) groups excluding carboxylic acids is 2. The van der Waals surface area contributed by atoms with Gasteiger partial charge in [0.1, 0.15) is 17.3 Å². The summed E-state index contributed by atoms with van der Waals surface area (Å²) in [4.78, 5) is 24.4. The molecule has 0 radical (unpaired) electrons. The Labute approximate surface area is 182 Å². The van der Waals surface area contributed by atoms with Crippen molar-refractivity contribution in [1.29, 1.82) is 0 Å². The second-order valence-corrected chi connectivity index (χ2v) is 9.56. The highest BCUT2D eigenvalue weighted by Gasteiger charge is 2.46. The van der Waals surface area contributed by atoms with Crippen LogP contribution >= 0.6 is 7.92 Å². The Bertz CT molecular complexity index is 1110. The molecule has 3 atom stereocenters. The quantitative estimate of drug-likeness (QED) is 0.366. The molecule has 3 aromatic rings. The average Bonchev–Trinajstić information content (AvgIpc) is 3.15. The van der Waals surface area contributed by atoms with Gasteiger partial charge in [0.25, 0.3) is 0 Å². The Morgan fingerprint density at radius 2 is 1.52 bits per heavy atom. The Morgan fingerprint density at radius 1 is 0.903 bits per heavy atom. The molecule has 1 saturated heterocycles. The number of hydrazine groups is 1. The molecule has 2 N–H and O–H groups in total. The molecule has 4 rings (SSSR count). The summed E-state index contributed by atoms with van der Waals surface area (Å²) >= 11 is 0. The molecule has 1 amide bonds. The summed E-state index contributed by atoms with van der Waals surface area (Å²) in [5, 5.41) is 13.3. The van der Waals surface area contributed by atoms with Crippen molar-refractivity contribution >= 4 is 25.1 Å². The van der Waals surface area contributed by atoms with Crippen molar-refractivity contribution in [2.45, 2.75) is 25.4 Å². The smallest absolute Gasteiger partial charge is 0.308 e.